The van der Waals surface area contributed by atoms with E-state index in [1.165, 1.54) is 12.8 Å². The van der Waals surface area contributed by atoms with E-state index in [0.717, 1.165) is 35.2 Å². The first-order chi connectivity index (χ1) is 19.2. The minimum absolute atomic E-state index is 0.0254. The molecule has 0 saturated heterocycles. The van der Waals surface area contributed by atoms with Crippen LogP contribution in [-0.4, -0.2) is 64.9 Å². The third kappa shape index (κ3) is 6.93. The maximum Gasteiger partial charge on any atom is 0.247 e. The number of allylic oxidation sites excluding steroid dienone is 1. The second-order valence-electron chi connectivity index (χ2n) is 12.2. The number of fused-ring (bicyclic) bond motifs is 2. The van der Waals surface area contributed by atoms with Gasteiger partial charge >= 0.3 is 0 Å². The molecule has 0 aliphatic heterocycles. The minimum Gasteiger partial charge on any atom is -0.482 e. The molecular weight excluding hydrogens is 619 g/mol. The van der Waals surface area contributed by atoms with E-state index in [0.29, 0.717) is 36.1 Å². The summed E-state index contributed by atoms with van der Waals surface area (Å²) >= 11 is 2.19. The average molecular weight is 665 g/mol. The topological polar surface area (TPSA) is 99.1 Å². The van der Waals surface area contributed by atoms with E-state index in [9.17, 15) is 19.8 Å². The number of para-hydroxylation sites is 1. The molecule has 1 aromatic carbocycles. The number of hydrogen-bond donors (Lipinski definition) is 3. The monoisotopic (exact) mass is 664 g/mol. The summed E-state index contributed by atoms with van der Waals surface area (Å²) in [6.07, 6.45) is 8.40. The molecule has 0 heterocycles. The molecule has 0 spiro atoms. The highest BCUT2D eigenvalue weighted by atomic mass is 127. The van der Waals surface area contributed by atoms with E-state index < -0.39 is 18.2 Å². The van der Waals surface area contributed by atoms with Crippen LogP contribution in [0.2, 0.25) is 0 Å². The fourth-order valence-corrected chi connectivity index (χ4v) is 7.55. The first-order valence-corrected chi connectivity index (χ1v) is 15.8. The van der Waals surface area contributed by atoms with Gasteiger partial charge in [-0.2, -0.15) is 0 Å². The molecule has 5 rings (SSSR count). The van der Waals surface area contributed by atoms with Gasteiger partial charge in [-0.05, 0) is 102 Å². The van der Waals surface area contributed by atoms with Gasteiger partial charge < -0.3 is 25.2 Å². The van der Waals surface area contributed by atoms with Gasteiger partial charge in [0.15, 0.2) is 0 Å². The highest BCUT2D eigenvalue weighted by Gasteiger charge is 2.55. The van der Waals surface area contributed by atoms with E-state index in [2.05, 4.69) is 48.3 Å². The molecule has 1 aromatic rings. The number of amides is 2. The molecule has 40 heavy (non-hydrogen) atoms. The van der Waals surface area contributed by atoms with Crippen LogP contribution in [0.25, 0.3) is 0 Å². The molecule has 6 unspecified atom stereocenters. The molecule has 0 radical (unpaired) electrons. The standard InChI is InChI=1S/C32H45IN2O5/c1-4-5-6-7-12-29(37)35(20-21-13-14-23-19-24(21)32(23,2)3)26-17-22(31(39)34-15-16-36)18-28(30(26)38)40-27-11-9-8-10-25(27)33/h4,8-11,18,21,23-24,26,28,30,36,38H,1,5-7,12-17,19-20H2,2-3H3,(H,34,39). The normalized spacial score (nSPS) is 28.6. The van der Waals surface area contributed by atoms with Gasteiger partial charge in [-0.3, -0.25) is 9.59 Å². The quantitative estimate of drug-likeness (QED) is 0.159. The molecule has 6 atom stereocenters. The van der Waals surface area contributed by atoms with E-state index >= 15 is 0 Å². The van der Waals surface area contributed by atoms with Crippen LogP contribution in [0, 0.1) is 26.7 Å². The predicted octanol–water partition coefficient (Wildman–Crippen LogP) is 4.85. The number of carbonyl (C=O) groups is 2. The van der Waals surface area contributed by atoms with Crippen molar-refractivity contribution in [3.63, 3.8) is 0 Å². The molecule has 8 heteroatoms. The first kappa shape index (κ1) is 31.0. The van der Waals surface area contributed by atoms with E-state index in [1.54, 1.807) is 6.08 Å². The Morgan fingerprint density at radius 2 is 2.02 bits per heavy atom. The average Bonchev–Trinajstić information content (AvgIpc) is 2.95. The largest absolute Gasteiger partial charge is 0.482 e. The van der Waals surface area contributed by atoms with Crippen molar-refractivity contribution in [2.75, 3.05) is 19.7 Å². The Balaban J connectivity index is 1.62. The molecule has 0 aromatic heterocycles. The molecule has 3 fully saturated rings. The van der Waals surface area contributed by atoms with Gasteiger partial charge in [-0.1, -0.05) is 32.1 Å². The Hall–Kier alpha value is -1.91. The number of aliphatic hydroxyl groups is 2. The molecule has 220 valence electrons. The summed E-state index contributed by atoms with van der Waals surface area (Å²) in [4.78, 5) is 28.9. The molecule has 7 nitrogen and oxygen atoms in total. The summed E-state index contributed by atoms with van der Waals surface area (Å²) in [7, 11) is 0. The van der Waals surface area contributed by atoms with Crippen LogP contribution < -0.4 is 10.1 Å². The summed E-state index contributed by atoms with van der Waals surface area (Å²) < 4.78 is 7.19. The number of benzene rings is 1. The molecule has 4 aliphatic carbocycles. The summed E-state index contributed by atoms with van der Waals surface area (Å²) in [6, 6.07) is 6.98. The summed E-state index contributed by atoms with van der Waals surface area (Å²) in [6.45, 7) is 9.06. The Labute approximate surface area is 252 Å². The number of unbranched alkanes of at least 4 members (excludes halogenated alkanes) is 2. The van der Waals surface area contributed by atoms with Gasteiger partial charge in [-0.15, -0.1) is 6.58 Å². The van der Waals surface area contributed by atoms with Crippen molar-refractivity contribution >= 4 is 34.4 Å². The predicted molar refractivity (Wildman–Crippen MR) is 165 cm³/mol. The lowest BCUT2D eigenvalue weighted by Gasteiger charge is -2.61. The zero-order chi connectivity index (χ0) is 28.9. The van der Waals surface area contributed by atoms with E-state index in [-0.39, 0.29) is 36.8 Å². The second kappa shape index (κ2) is 13.8. The second-order valence-corrected chi connectivity index (χ2v) is 13.4. The van der Waals surface area contributed by atoms with Gasteiger partial charge in [-0.25, -0.2) is 0 Å². The van der Waals surface area contributed by atoms with Crippen molar-refractivity contribution in [2.45, 2.75) is 83.5 Å². The van der Waals surface area contributed by atoms with Crippen molar-refractivity contribution in [3.05, 3.63) is 52.1 Å². The first-order valence-electron chi connectivity index (χ1n) is 14.8. The SMILES string of the molecule is C=CCCCCC(=O)N(CC1CCC2CC1C2(C)C)C1CC(C(=O)NCCO)=CC(Oc2ccccc2I)C1O. The third-order valence-corrected chi connectivity index (χ3v) is 10.4. The van der Waals surface area contributed by atoms with Gasteiger partial charge in [0.1, 0.15) is 18.0 Å². The number of hydrogen-bond acceptors (Lipinski definition) is 5. The lowest BCUT2D eigenvalue weighted by molar-refractivity contribution is -0.148. The number of rotatable bonds is 13. The highest BCUT2D eigenvalue weighted by Crippen LogP contribution is 2.61. The number of ether oxygens (including phenoxy) is 1. The lowest BCUT2D eigenvalue weighted by Crippen LogP contribution is -2.59. The van der Waals surface area contributed by atoms with Crippen molar-refractivity contribution in [1.29, 1.82) is 0 Å². The van der Waals surface area contributed by atoms with Crippen LogP contribution in [0.15, 0.2) is 48.6 Å². The van der Waals surface area contributed by atoms with Crippen LogP contribution in [-0.2, 0) is 9.59 Å². The molecule has 2 amide bonds. The number of nitrogens with one attached hydrogen (secondary N) is 1. The smallest absolute Gasteiger partial charge is 0.247 e. The highest BCUT2D eigenvalue weighted by molar-refractivity contribution is 14.1. The fraction of sp³-hybridized carbons (Fsp3) is 0.625. The van der Waals surface area contributed by atoms with Crippen molar-refractivity contribution in [2.24, 2.45) is 23.2 Å². The van der Waals surface area contributed by atoms with Crippen LogP contribution in [0.4, 0.5) is 0 Å². The zero-order valence-corrected chi connectivity index (χ0v) is 26.0. The Morgan fingerprint density at radius 1 is 1.25 bits per heavy atom. The molecule has 3 N–H and O–H groups in total. The van der Waals surface area contributed by atoms with Crippen LogP contribution in [0.3, 0.4) is 0 Å². The lowest BCUT2D eigenvalue weighted by atomic mass is 9.45. The number of nitrogens with zero attached hydrogens (tertiary/aromatic N) is 1. The van der Waals surface area contributed by atoms with Gasteiger partial charge in [0.25, 0.3) is 0 Å². The van der Waals surface area contributed by atoms with Gasteiger partial charge in [0, 0.05) is 31.5 Å². The van der Waals surface area contributed by atoms with Crippen LogP contribution in [0.5, 0.6) is 5.75 Å². The summed E-state index contributed by atoms with van der Waals surface area (Å²) in [5.74, 6) is 2.03. The third-order valence-electron chi connectivity index (χ3n) is 9.52. The van der Waals surface area contributed by atoms with Crippen molar-refractivity contribution < 1.29 is 24.5 Å². The number of halogens is 1. The number of aliphatic hydroxyl groups excluding tert-OH is 2. The number of carbonyl (C=O) groups excluding carboxylic acids is 2. The summed E-state index contributed by atoms with van der Waals surface area (Å²) in [5, 5.41) is 23.8. The summed E-state index contributed by atoms with van der Waals surface area (Å²) in [5.41, 5.74) is 0.745. The van der Waals surface area contributed by atoms with Crippen molar-refractivity contribution in [3.8, 4) is 5.75 Å². The maximum absolute atomic E-state index is 13.9. The van der Waals surface area contributed by atoms with E-state index in [1.807, 2.05) is 35.2 Å². The molecule has 2 bridgehead atoms. The van der Waals surface area contributed by atoms with Crippen LogP contribution in [0.1, 0.15) is 65.2 Å². The molecule has 4 aliphatic rings. The maximum atomic E-state index is 13.9. The van der Waals surface area contributed by atoms with Gasteiger partial charge in [0.05, 0.1) is 16.2 Å². The zero-order valence-electron chi connectivity index (χ0n) is 23.9. The van der Waals surface area contributed by atoms with Gasteiger partial charge in [0.2, 0.25) is 11.8 Å². The Bertz CT molecular complexity index is 1090. The Kier molecular flexibility index (Phi) is 10.7. The van der Waals surface area contributed by atoms with Crippen LogP contribution >= 0.6 is 22.6 Å². The van der Waals surface area contributed by atoms with Crippen molar-refractivity contribution in [1.82, 2.24) is 10.2 Å². The minimum atomic E-state index is -0.992. The molecule has 3 saturated carbocycles. The molecular formula is C32H45IN2O5. The van der Waals surface area contributed by atoms with E-state index in [4.69, 9.17) is 4.74 Å². The fourth-order valence-electron chi connectivity index (χ4n) is 7.03. The Morgan fingerprint density at radius 3 is 2.70 bits per heavy atom.